The Balaban J connectivity index is 2.13. The Kier molecular flexibility index (Phi) is 5.10. The Hall–Kier alpha value is -0.750. The molecular formula is C13H14BrClN2OS. The summed E-state index contributed by atoms with van der Waals surface area (Å²) in [4.78, 5) is 1.11. The SMILES string of the molecule is COc1ccc(NC(CN)c2cc(Br)c(Cl)s2)cc1. The monoisotopic (exact) mass is 360 g/mol. The average molecular weight is 362 g/mol. The molecule has 102 valence electrons. The van der Waals surface area contributed by atoms with E-state index in [0.717, 1.165) is 25.1 Å². The van der Waals surface area contributed by atoms with Crippen LogP contribution in [0.3, 0.4) is 0 Å². The van der Waals surface area contributed by atoms with Crippen LogP contribution in [0.15, 0.2) is 34.8 Å². The normalized spacial score (nSPS) is 12.2. The van der Waals surface area contributed by atoms with E-state index in [0.29, 0.717) is 6.54 Å². The summed E-state index contributed by atoms with van der Waals surface area (Å²) in [5.74, 6) is 0.830. The van der Waals surface area contributed by atoms with Crippen LogP contribution in [0.2, 0.25) is 4.34 Å². The van der Waals surface area contributed by atoms with E-state index < -0.39 is 0 Å². The van der Waals surface area contributed by atoms with Crippen molar-refractivity contribution >= 4 is 44.6 Å². The number of hydrogen-bond acceptors (Lipinski definition) is 4. The van der Waals surface area contributed by atoms with Gasteiger partial charge < -0.3 is 15.8 Å². The lowest BCUT2D eigenvalue weighted by Crippen LogP contribution is -2.19. The fourth-order valence-corrected chi connectivity index (χ4v) is 3.47. The molecule has 1 atom stereocenters. The summed E-state index contributed by atoms with van der Waals surface area (Å²) in [6.45, 7) is 0.495. The summed E-state index contributed by atoms with van der Waals surface area (Å²) in [6.07, 6.45) is 0. The largest absolute Gasteiger partial charge is 0.497 e. The first kappa shape index (κ1) is 14.7. The number of ether oxygens (including phenoxy) is 1. The van der Waals surface area contributed by atoms with Crippen LogP contribution in [0.5, 0.6) is 5.75 Å². The third kappa shape index (κ3) is 3.63. The fraction of sp³-hybridized carbons (Fsp3) is 0.231. The molecule has 0 saturated heterocycles. The van der Waals surface area contributed by atoms with Gasteiger partial charge in [0.1, 0.15) is 10.1 Å². The lowest BCUT2D eigenvalue weighted by molar-refractivity contribution is 0.415. The van der Waals surface area contributed by atoms with E-state index in [9.17, 15) is 0 Å². The van der Waals surface area contributed by atoms with Gasteiger partial charge in [-0.25, -0.2) is 0 Å². The van der Waals surface area contributed by atoms with E-state index in [1.165, 1.54) is 11.3 Å². The molecule has 2 rings (SSSR count). The molecule has 2 aromatic rings. The minimum Gasteiger partial charge on any atom is -0.497 e. The van der Waals surface area contributed by atoms with Crippen LogP contribution in [-0.4, -0.2) is 13.7 Å². The summed E-state index contributed by atoms with van der Waals surface area (Å²) < 4.78 is 6.78. The number of halogens is 2. The Bertz CT molecular complexity index is 525. The standard InChI is InChI=1S/C13H14BrClN2OS/c1-18-9-4-2-8(3-5-9)17-11(7-16)12-6-10(14)13(15)19-12/h2-6,11,17H,7,16H2,1H3. The maximum Gasteiger partial charge on any atom is 0.119 e. The third-order valence-electron chi connectivity index (χ3n) is 2.67. The predicted molar refractivity (Wildman–Crippen MR) is 85.4 cm³/mol. The number of thiophene rings is 1. The molecule has 0 aliphatic carbocycles. The molecular weight excluding hydrogens is 348 g/mol. The van der Waals surface area contributed by atoms with E-state index in [1.54, 1.807) is 7.11 Å². The van der Waals surface area contributed by atoms with Gasteiger partial charge in [0.15, 0.2) is 0 Å². The molecule has 19 heavy (non-hydrogen) atoms. The molecule has 0 radical (unpaired) electrons. The highest BCUT2D eigenvalue weighted by Crippen LogP contribution is 2.36. The summed E-state index contributed by atoms with van der Waals surface area (Å²) in [5, 5.41) is 3.39. The second kappa shape index (κ2) is 6.61. The molecule has 0 saturated carbocycles. The van der Waals surface area contributed by atoms with Gasteiger partial charge in [-0.3, -0.25) is 0 Å². The molecule has 0 aliphatic rings. The second-order valence-electron chi connectivity index (χ2n) is 3.93. The van der Waals surface area contributed by atoms with Gasteiger partial charge in [-0.2, -0.15) is 0 Å². The van der Waals surface area contributed by atoms with Crippen molar-refractivity contribution in [2.75, 3.05) is 19.0 Å². The molecule has 3 nitrogen and oxygen atoms in total. The molecule has 1 aromatic heterocycles. The molecule has 3 N–H and O–H groups in total. The first-order valence-electron chi connectivity index (χ1n) is 5.69. The lowest BCUT2D eigenvalue weighted by atomic mass is 10.2. The smallest absolute Gasteiger partial charge is 0.119 e. The highest BCUT2D eigenvalue weighted by atomic mass is 79.9. The highest BCUT2D eigenvalue weighted by Gasteiger charge is 2.14. The van der Waals surface area contributed by atoms with Crippen LogP contribution in [-0.2, 0) is 0 Å². The van der Waals surface area contributed by atoms with Crippen LogP contribution in [0.4, 0.5) is 5.69 Å². The van der Waals surface area contributed by atoms with Crippen LogP contribution in [0.1, 0.15) is 10.9 Å². The minimum absolute atomic E-state index is 0.0437. The molecule has 0 spiro atoms. The first-order chi connectivity index (χ1) is 9.13. The van der Waals surface area contributed by atoms with Crippen molar-refractivity contribution in [3.63, 3.8) is 0 Å². The van der Waals surface area contributed by atoms with Gasteiger partial charge in [0, 0.05) is 21.6 Å². The van der Waals surface area contributed by atoms with E-state index >= 15 is 0 Å². The molecule has 0 fully saturated rings. The van der Waals surface area contributed by atoms with Gasteiger partial charge >= 0.3 is 0 Å². The van der Waals surface area contributed by atoms with Crippen molar-refractivity contribution in [2.45, 2.75) is 6.04 Å². The van der Waals surface area contributed by atoms with Crippen molar-refractivity contribution in [2.24, 2.45) is 5.73 Å². The molecule has 0 aliphatic heterocycles. The van der Waals surface area contributed by atoms with Crippen LogP contribution < -0.4 is 15.8 Å². The zero-order valence-electron chi connectivity index (χ0n) is 10.3. The van der Waals surface area contributed by atoms with Crippen molar-refractivity contribution in [1.82, 2.24) is 0 Å². The van der Waals surface area contributed by atoms with E-state index in [2.05, 4.69) is 21.2 Å². The minimum atomic E-state index is 0.0437. The lowest BCUT2D eigenvalue weighted by Gasteiger charge is -2.16. The number of nitrogens with one attached hydrogen (secondary N) is 1. The van der Waals surface area contributed by atoms with Gasteiger partial charge in [0.05, 0.1) is 13.2 Å². The van der Waals surface area contributed by atoms with Gasteiger partial charge in [-0.05, 0) is 46.3 Å². The second-order valence-corrected chi connectivity index (χ2v) is 6.47. The molecule has 0 amide bonds. The van der Waals surface area contributed by atoms with Gasteiger partial charge in [0.25, 0.3) is 0 Å². The number of anilines is 1. The van der Waals surface area contributed by atoms with Crippen molar-refractivity contribution in [3.8, 4) is 5.75 Å². The topological polar surface area (TPSA) is 47.3 Å². The summed E-state index contributed by atoms with van der Waals surface area (Å²) in [7, 11) is 1.65. The maximum absolute atomic E-state index is 6.06. The number of rotatable bonds is 5. The van der Waals surface area contributed by atoms with Gasteiger partial charge in [-0.15, -0.1) is 11.3 Å². The molecule has 1 aromatic carbocycles. The maximum atomic E-state index is 6.06. The Morgan fingerprint density at radius 2 is 2.11 bits per heavy atom. The van der Waals surface area contributed by atoms with Crippen molar-refractivity contribution in [1.29, 1.82) is 0 Å². The van der Waals surface area contributed by atoms with Gasteiger partial charge in [-0.1, -0.05) is 11.6 Å². The first-order valence-corrected chi connectivity index (χ1v) is 7.68. The average Bonchev–Trinajstić information content (AvgIpc) is 2.76. The number of nitrogens with two attached hydrogens (primary N) is 1. The fourth-order valence-electron chi connectivity index (χ4n) is 1.67. The molecule has 1 heterocycles. The van der Waals surface area contributed by atoms with Crippen LogP contribution in [0.25, 0.3) is 0 Å². The van der Waals surface area contributed by atoms with E-state index in [4.69, 9.17) is 22.1 Å². The summed E-state index contributed by atoms with van der Waals surface area (Å²) in [5.41, 5.74) is 6.83. The summed E-state index contributed by atoms with van der Waals surface area (Å²) in [6, 6.07) is 9.79. The van der Waals surface area contributed by atoms with Crippen molar-refractivity contribution in [3.05, 3.63) is 44.0 Å². The molecule has 6 heteroatoms. The highest BCUT2D eigenvalue weighted by molar-refractivity contribution is 9.10. The van der Waals surface area contributed by atoms with Crippen molar-refractivity contribution < 1.29 is 4.74 Å². The Labute approximate surface area is 129 Å². The quantitative estimate of drug-likeness (QED) is 0.835. The summed E-state index contributed by atoms with van der Waals surface area (Å²) >= 11 is 11.0. The Morgan fingerprint density at radius 3 is 2.58 bits per heavy atom. The number of benzene rings is 1. The van der Waals surface area contributed by atoms with Crippen LogP contribution in [0, 0.1) is 0 Å². The number of hydrogen-bond donors (Lipinski definition) is 2. The van der Waals surface area contributed by atoms with Crippen LogP contribution >= 0.6 is 38.9 Å². The van der Waals surface area contributed by atoms with E-state index in [-0.39, 0.29) is 6.04 Å². The Morgan fingerprint density at radius 1 is 1.42 bits per heavy atom. The molecule has 1 unspecified atom stereocenters. The number of methoxy groups -OCH3 is 1. The predicted octanol–water partition coefficient (Wildman–Crippen LogP) is 4.28. The zero-order chi connectivity index (χ0) is 13.8. The van der Waals surface area contributed by atoms with Gasteiger partial charge in [0.2, 0.25) is 0 Å². The zero-order valence-corrected chi connectivity index (χ0v) is 13.5. The molecule has 0 bridgehead atoms. The van der Waals surface area contributed by atoms with E-state index in [1.807, 2.05) is 30.3 Å². The third-order valence-corrected chi connectivity index (χ3v) is 5.26.